The molecule has 2 heterocycles. The van der Waals surface area contributed by atoms with Crippen molar-refractivity contribution in [2.75, 3.05) is 19.6 Å². The Morgan fingerprint density at radius 2 is 1.87 bits per heavy atom. The molecule has 1 aliphatic rings. The summed E-state index contributed by atoms with van der Waals surface area (Å²) in [7, 11) is 0. The number of nitrogens with one attached hydrogen (secondary N) is 1. The van der Waals surface area contributed by atoms with Crippen molar-refractivity contribution >= 4 is 11.9 Å². The number of fused-ring (bicyclic) bond motifs is 1. The van der Waals surface area contributed by atoms with E-state index >= 15 is 0 Å². The Bertz CT molecular complexity index is 885. The summed E-state index contributed by atoms with van der Waals surface area (Å²) in [6.45, 7) is 9.46. The summed E-state index contributed by atoms with van der Waals surface area (Å²) in [4.78, 5) is 29.4. The van der Waals surface area contributed by atoms with Gasteiger partial charge in [0.1, 0.15) is 12.4 Å². The van der Waals surface area contributed by atoms with Gasteiger partial charge in [-0.05, 0) is 57.0 Å². The van der Waals surface area contributed by atoms with Crippen LogP contribution >= 0.6 is 0 Å². The van der Waals surface area contributed by atoms with E-state index in [4.69, 9.17) is 0 Å². The van der Waals surface area contributed by atoms with Crippen LogP contribution in [0.1, 0.15) is 51.4 Å². The minimum atomic E-state index is -0.380. The first-order chi connectivity index (χ1) is 14.2. The quantitative estimate of drug-likeness (QED) is 0.810. The summed E-state index contributed by atoms with van der Waals surface area (Å²) < 4.78 is 15.6. The number of nitrogens with zero attached hydrogens (tertiary/aromatic N) is 3. The summed E-state index contributed by atoms with van der Waals surface area (Å²) in [6.07, 6.45) is 2.75. The van der Waals surface area contributed by atoms with Gasteiger partial charge in [0.25, 0.3) is 0 Å². The first kappa shape index (κ1) is 21.9. The highest BCUT2D eigenvalue weighted by atomic mass is 19.1. The number of rotatable bonds is 5. The van der Waals surface area contributed by atoms with Crippen molar-refractivity contribution in [3.63, 3.8) is 0 Å². The van der Waals surface area contributed by atoms with Gasteiger partial charge in [0.05, 0.1) is 6.04 Å². The molecule has 30 heavy (non-hydrogen) atoms. The van der Waals surface area contributed by atoms with E-state index in [1.54, 1.807) is 21.9 Å². The summed E-state index contributed by atoms with van der Waals surface area (Å²) in [5.74, 6) is -0.426. The highest BCUT2D eigenvalue weighted by molar-refractivity contribution is 5.85. The number of carbonyl (C=O) groups is 2. The fraction of sp³-hybridized carbons (Fsp3) is 0.478. The van der Waals surface area contributed by atoms with Crippen molar-refractivity contribution in [1.29, 1.82) is 0 Å². The van der Waals surface area contributed by atoms with E-state index in [0.717, 1.165) is 17.7 Å². The van der Waals surface area contributed by atoms with Crippen LogP contribution in [0.2, 0.25) is 0 Å². The van der Waals surface area contributed by atoms with Crippen LogP contribution in [0.4, 0.5) is 9.18 Å². The van der Waals surface area contributed by atoms with E-state index < -0.39 is 0 Å². The predicted octanol–water partition coefficient (Wildman–Crippen LogP) is 3.78. The Balaban J connectivity index is 1.85. The van der Waals surface area contributed by atoms with Crippen LogP contribution in [-0.2, 0) is 11.3 Å². The van der Waals surface area contributed by atoms with Crippen LogP contribution in [0, 0.1) is 5.82 Å². The Morgan fingerprint density at radius 1 is 1.17 bits per heavy atom. The maximum atomic E-state index is 13.5. The van der Waals surface area contributed by atoms with Gasteiger partial charge >= 0.3 is 6.03 Å². The molecule has 0 aliphatic carbocycles. The average Bonchev–Trinajstić information content (AvgIpc) is 3.15. The predicted molar refractivity (Wildman–Crippen MR) is 115 cm³/mol. The fourth-order valence-corrected chi connectivity index (χ4v) is 3.82. The zero-order chi connectivity index (χ0) is 21.9. The lowest BCUT2D eigenvalue weighted by atomic mass is 9.99. The molecule has 1 N–H and O–H groups in total. The Morgan fingerprint density at radius 3 is 2.50 bits per heavy atom. The van der Waals surface area contributed by atoms with Crippen LogP contribution in [0.15, 0.2) is 42.6 Å². The second-order valence-electron chi connectivity index (χ2n) is 8.77. The average molecular weight is 415 g/mol. The highest BCUT2D eigenvalue weighted by Crippen LogP contribution is 2.32. The molecule has 1 unspecified atom stereocenters. The van der Waals surface area contributed by atoms with E-state index in [9.17, 15) is 14.0 Å². The third-order valence-electron chi connectivity index (χ3n) is 5.13. The summed E-state index contributed by atoms with van der Waals surface area (Å²) >= 11 is 0. The molecule has 162 valence electrons. The van der Waals surface area contributed by atoms with Gasteiger partial charge in [-0.2, -0.15) is 0 Å². The summed E-state index contributed by atoms with van der Waals surface area (Å²) in [5.41, 5.74) is 1.46. The van der Waals surface area contributed by atoms with Crippen LogP contribution in [0.5, 0.6) is 0 Å². The Kier molecular flexibility index (Phi) is 6.48. The number of carbonyl (C=O) groups excluding carboxylic acids is 2. The number of benzene rings is 1. The Labute approximate surface area is 177 Å². The molecule has 3 rings (SSSR count). The number of amides is 3. The molecule has 2 aromatic rings. The first-order valence-corrected chi connectivity index (χ1v) is 10.5. The van der Waals surface area contributed by atoms with Crippen molar-refractivity contribution in [1.82, 2.24) is 19.7 Å². The molecule has 6 nitrogen and oxygen atoms in total. The summed E-state index contributed by atoms with van der Waals surface area (Å²) in [5, 5.41) is 2.94. The number of hydrogen-bond donors (Lipinski definition) is 1. The Hall–Kier alpha value is -2.83. The van der Waals surface area contributed by atoms with Crippen LogP contribution in [-0.4, -0.2) is 51.5 Å². The monoisotopic (exact) mass is 414 g/mol. The van der Waals surface area contributed by atoms with Crippen molar-refractivity contribution in [3.05, 3.63) is 59.7 Å². The number of aromatic nitrogens is 1. The number of halogens is 1. The molecular weight excluding hydrogens is 383 g/mol. The molecule has 1 aliphatic heterocycles. The van der Waals surface area contributed by atoms with E-state index in [2.05, 4.69) is 9.88 Å². The smallest absolute Gasteiger partial charge is 0.318 e. The van der Waals surface area contributed by atoms with Gasteiger partial charge in [0.15, 0.2) is 0 Å². The first-order valence-electron chi connectivity index (χ1n) is 10.5. The van der Waals surface area contributed by atoms with E-state index in [-0.39, 0.29) is 35.9 Å². The van der Waals surface area contributed by atoms with Crippen molar-refractivity contribution in [3.8, 4) is 0 Å². The van der Waals surface area contributed by atoms with Crippen molar-refractivity contribution in [2.45, 2.75) is 52.2 Å². The molecule has 0 saturated heterocycles. The lowest BCUT2D eigenvalue weighted by Gasteiger charge is -2.38. The molecule has 1 aromatic heterocycles. The molecule has 0 radical (unpaired) electrons. The second kappa shape index (κ2) is 8.90. The molecule has 0 saturated carbocycles. The van der Waals surface area contributed by atoms with Gasteiger partial charge < -0.3 is 19.7 Å². The van der Waals surface area contributed by atoms with Crippen LogP contribution < -0.4 is 5.32 Å². The van der Waals surface area contributed by atoms with E-state index in [1.807, 2.05) is 46.0 Å². The summed E-state index contributed by atoms with van der Waals surface area (Å²) in [6, 6.07) is 9.68. The molecule has 1 aromatic carbocycles. The molecule has 7 heteroatoms. The fourth-order valence-electron chi connectivity index (χ4n) is 3.82. The molecular formula is C23H31FN4O2. The lowest BCUT2D eigenvalue weighted by molar-refractivity contribution is -0.134. The maximum Gasteiger partial charge on any atom is 0.318 e. The van der Waals surface area contributed by atoms with Crippen LogP contribution in [0.3, 0.4) is 0 Å². The topological polar surface area (TPSA) is 57.6 Å². The molecule has 0 bridgehead atoms. The van der Waals surface area contributed by atoms with Gasteiger partial charge in [0.2, 0.25) is 5.91 Å². The van der Waals surface area contributed by atoms with Crippen molar-refractivity contribution in [2.24, 2.45) is 0 Å². The SMILES string of the molecule is CCCN(CC(=O)N1CCn2cccc2C1c1ccc(F)cc1)C(=O)NC(C)(C)C. The number of hydrogen-bond acceptors (Lipinski definition) is 2. The van der Waals surface area contributed by atoms with Gasteiger partial charge in [-0.1, -0.05) is 19.1 Å². The lowest BCUT2D eigenvalue weighted by Crippen LogP contribution is -2.53. The normalized spacial score (nSPS) is 16.2. The second-order valence-corrected chi connectivity index (χ2v) is 8.77. The van der Waals surface area contributed by atoms with Gasteiger partial charge in [-0.15, -0.1) is 0 Å². The minimum absolute atomic E-state index is 0.00809. The highest BCUT2D eigenvalue weighted by Gasteiger charge is 2.33. The van der Waals surface area contributed by atoms with E-state index in [1.165, 1.54) is 12.1 Å². The molecule has 0 spiro atoms. The van der Waals surface area contributed by atoms with Gasteiger partial charge in [-0.3, -0.25) is 4.79 Å². The van der Waals surface area contributed by atoms with Gasteiger partial charge in [-0.25, -0.2) is 9.18 Å². The maximum absolute atomic E-state index is 13.5. The standard InChI is InChI=1S/C23H31FN4O2/c1-5-12-27(22(30)25-23(2,3)4)16-20(29)28-15-14-26-13-6-7-19(26)21(28)17-8-10-18(24)11-9-17/h6-11,13,21H,5,12,14-16H2,1-4H3,(H,25,30). The molecule has 3 amide bonds. The zero-order valence-electron chi connectivity index (χ0n) is 18.2. The number of urea groups is 1. The third kappa shape index (κ3) is 5.01. The molecule has 1 atom stereocenters. The molecule has 0 fully saturated rings. The third-order valence-corrected chi connectivity index (χ3v) is 5.13. The van der Waals surface area contributed by atoms with Gasteiger partial charge in [0, 0.05) is 37.1 Å². The van der Waals surface area contributed by atoms with Crippen LogP contribution in [0.25, 0.3) is 0 Å². The zero-order valence-corrected chi connectivity index (χ0v) is 18.2. The van der Waals surface area contributed by atoms with E-state index in [0.29, 0.717) is 19.6 Å². The minimum Gasteiger partial charge on any atom is -0.348 e. The largest absolute Gasteiger partial charge is 0.348 e. The van der Waals surface area contributed by atoms with Crippen molar-refractivity contribution < 1.29 is 14.0 Å².